The van der Waals surface area contributed by atoms with E-state index in [0.717, 1.165) is 22.0 Å². The summed E-state index contributed by atoms with van der Waals surface area (Å²) < 4.78 is 9.11. The third-order valence-electron chi connectivity index (χ3n) is 4.41. The normalized spacial score (nSPS) is 17.3. The molecule has 1 aliphatic rings. The second-order valence-electron chi connectivity index (χ2n) is 7.79. The molecule has 0 unspecified atom stereocenters. The molecule has 0 fully saturated rings. The summed E-state index contributed by atoms with van der Waals surface area (Å²) in [6, 6.07) is 0. The van der Waals surface area contributed by atoms with Gasteiger partial charge in [-0.2, -0.15) is 0 Å². The topological polar surface area (TPSA) is 93.2 Å². The van der Waals surface area contributed by atoms with E-state index >= 15 is 0 Å². The van der Waals surface area contributed by atoms with Gasteiger partial charge in [-0.1, -0.05) is 4.49 Å². The van der Waals surface area contributed by atoms with Crippen LogP contribution in [0, 0.1) is 6.92 Å². The van der Waals surface area contributed by atoms with Crippen molar-refractivity contribution in [1.29, 1.82) is 0 Å². The van der Waals surface area contributed by atoms with Crippen LogP contribution in [-0.2, 0) is 16.7 Å². The zero-order valence-electron chi connectivity index (χ0n) is 16.3. The quantitative estimate of drug-likeness (QED) is 0.752. The second kappa shape index (κ2) is 6.96. The van der Waals surface area contributed by atoms with Gasteiger partial charge in [0.2, 0.25) is 0 Å². The van der Waals surface area contributed by atoms with Crippen molar-refractivity contribution in [2.45, 2.75) is 59.0 Å². The first-order valence-corrected chi connectivity index (χ1v) is 10.4. The van der Waals surface area contributed by atoms with E-state index in [1.165, 1.54) is 11.3 Å². The van der Waals surface area contributed by atoms with Crippen molar-refractivity contribution in [1.82, 2.24) is 14.9 Å². The minimum atomic E-state index is -0.405. The van der Waals surface area contributed by atoms with Gasteiger partial charge >= 0.3 is 5.97 Å². The summed E-state index contributed by atoms with van der Waals surface area (Å²) in [5.41, 5.74) is 1.47. The molecular formula is C18H24N4O3S2. The number of carbonyl (C=O) groups is 2. The van der Waals surface area contributed by atoms with Crippen LogP contribution >= 0.6 is 22.9 Å². The Morgan fingerprint density at radius 3 is 2.59 bits per heavy atom. The molecule has 0 spiro atoms. The number of nitrogens with zero attached hydrogens (tertiary/aromatic N) is 2. The third-order valence-corrected chi connectivity index (χ3v) is 6.71. The first kappa shape index (κ1) is 19.9. The maximum absolute atomic E-state index is 12.7. The van der Waals surface area contributed by atoms with Crippen LogP contribution in [0.15, 0.2) is 0 Å². The van der Waals surface area contributed by atoms with E-state index in [9.17, 15) is 9.59 Å². The number of carbonyl (C=O) groups excluding carboxylic acids is 2. The molecule has 7 nitrogen and oxygen atoms in total. The van der Waals surface area contributed by atoms with Gasteiger partial charge in [-0.15, -0.1) is 16.4 Å². The number of amides is 1. The molecule has 0 aromatic carbocycles. The molecule has 3 rings (SSSR count). The van der Waals surface area contributed by atoms with Gasteiger partial charge in [0.05, 0.1) is 17.9 Å². The standard InChI is InChI=1S/C18H24N4O3S2/c1-7-25-16(24)11-10-8-17(3,4)21-18(5,6)13(10)26-15(11)19-14(23)12-9(2)20-22-27-12/h21H,7-8H2,1-6H3,(H,19,23). The van der Waals surface area contributed by atoms with Gasteiger partial charge in [0.1, 0.15) is 9.88 Å². The Morgan fingerprint density at radius 2 is 2.00 bits per heavy atom. The molecule has 2 aromatic rings. The summed E-state index contributed by atoms with van der Waals surface area (Å²) in [5, 5.41) is 10.9. The van der Waals surface area contributed by atoms with Gasteiger partial charge in [0, 0.05) is 16.0 Å². The lowest BCUT2D eigenvalue weighted by molar-refractivity contribution is 0.0526. The van der Waals surface area contributed by atoms with Crippen LogP contribution in [0.1, 0.15) is 70.8 Å². The maximum atomic E-state index is 12.7. The first-order chi connectivity index (χ1) is 12.6. The number of hydrogen-bond acceptors (Lipinski definition) is 8. The van der Waals surface area contributed by atoms with Crippen LogP contribution in [0.2, 0.25) is 0 Å². The molecule has 3 heterocycles. The number of ether oxygens (including phenoxy) is 1. The summed E-state index contributed by atoms with van der Waals surface area (Å²) in [6.45, 7) is 12.2. The fourth-order valence-corrected chi connectivity index (χ4v) is 5.45. The van der Waals surface area contributed by atoms with Gasteiger partial charge in [-0.05, 0) is 65.1 Å². The summed E-state index contributed by atoms with van der Waals surface area (Å²) in [5.74, 6) is -0.713. The number of aryl methyl sites for hydroxylation is 1. The molecule has 2 N–H and O–H groups in total. The lowest BCUT2D eigenvalue weighted by Gasteiger charge is -2.42. The number of rotatable bonds is 4. The van der Waals surface area contributed by atoms with Crippen LogP contribution in [0.4, 0.5) is 5.00 Å². The number of thiophene rings is 1. The van der Waals surface area contributed by atoms with Crippen LogP contribution in [0.25, 0.3) is 0 Å². The van der Waals surface area contributed by atoms with Crippen LogP contribution < -0.4 is 10.6 Å². The molecule has 1 aliphatic heterocycles. The highest BCUT2D eigenvalue weighted by atomic mass is 32.1. The largest absolute Gasteiger partial charge is 0.462 e. The Morgan fingerprint density at radius 1 is 1.30 bits per heavy atom. The van der Waals surface area contributed by atoms with Gasteiger partial charge in [0.25, 0.3) is 5.91 Å². The molecule has 146 valence electrons. The monoisotopic (exact) mass is 408 g/mol. The van der Waals surface area contributed by atoms with Crippen molar-refractivity contribution in [3.8, 4) is 0 Å². The molecule has 9 heteroatoms. The van der Waals surface area contributed by atoms with E-state index < -0.39 is 5.97 Å². The molecule has 2 aromatic heterocycles. The second-order valence-corrected chi connectivity index (χ2v) is 9.56. The highest BCUT2D eigenvalue weighted by molar-refractivity contribution is 7.17. The predicted octanol–water partition coefficient (Wildman–Crippen LogP) is 3.50. The fourth-order valence-electron chi connectivity index (χ4n) is 3.63. The van der Waals surface area contributed by atoms with Crippen molar-refractivity contribution in [3.05, 3.63) is 26.6 Å². The number of esters is 1. The molecule has 0 saturated heterocycles. The summed E-state index contributed by atoms with van der Waals surface area (Å²) in [7, 11) is 0. The maximum Gasteiger partial charge on any atom is 0.341 e. The average molecular weight is 409 g/mol. The Labute approximate surface area is 166 Å². The van der Waals surface area contributed by atoms with Crippen LogP contribution in [-0.4, -0.2) is 33.6 Å². The highest BCUT2D eigenvalue weighted by Gasteiger charge is 2.42. The number of aromatic nitrogens is 2. The van der Waals surface area contributed by atoms with E-state index in [-0.39, 0.29) is 23.6 Å². The van der Waals surface area contributed by atoms with E-state index in [0.29, 0.717) is 27.6 Å². The zero-order chi connectivity index (χ0) is 20.0. The molecule has 27 heavy (non-hydrogen) atoms. The molecule has 0 radical (unpaired) electrons. The molecule has 0 bridgehead atoms. The number of anilines is 1. The van der Waals surface area contributed by atoms with E-state index in [2.05, 4.69) is 47.9 Å². The average Bonchev–Trinajstić information content (AvgIpc) is 3.09. The molecular weight excluding hydrogens is 384 g/mol. The van der Waals surface area contributed by atoms with Crippen molar-refractivity contribution < 1.29 is 14.3 Å². The number of nitrogens with one attached hydrogen (secondary N) is 2. The molecule has 0 saturated carbocycles. The van der Waals surface area contributed by atoms with Crippen molar-refractivity contribution in [3.63, 3.8) is 0 Å². The Bertz CT molecular complexity index is 899. The van der Waals surface area contributed by atoms with Gasteiger partial charge in [-0.25, -0.2) is 4.79 Å². The molecule has 0 atom stereocenters. The van der Waals surface area contributed by atoms with E-state index in [1.807, 2.05) is 0 Å². The van der Waals surface area contributed by atoms with Crippen molar-refractivity contribution >= 4 is 39.7 Å². The van der Waals surface area contributed by atoms with Crippen LogP contribution in [0.5, 0.6) is 0 Å². The first-order valence-electron chi connectivity index (χ1n) is 8.78. The fraction of sp³-hybridized carbons (Fsp3) is 0.556. The van der Waals surface area contributed by atoms with Crippen molar-refractivity contribution in [2.75, 3.05) is 11.9 Å². The minimum absolute atomic E-state index is 0.182. The van der Waals surface area contributed by atoms with Crippen LogP contribution in [0.3, 0.4) is 0 Å². The van der Waals surface area contributed by atoms with Gasteiger partial charge in [0.15, 0.2) is 0 Å². The van der Waals surface area contributed by atoms with E-state index in [1.54, 1.807) is 13.8 Å². The smallest absolute Gasteiger partial charge is 0.341 e. The Kier molecular flexibility index (Phi) is 5.13. The summed E-state index contributed by atoms with van der Waals surface area (Å²) in [6.07, 6.45) is 0.674. The Hall–Kier alpha value is -1.84. The summed E-state index contributed by atoms with van der Waals surface area (Å²) >= 11 is 2.46. The SMILES string of the molecule is CCOC(=O)c1c(NC(=O)c2snnc2C)sc2c1CC(C)(C)NC2(C)C. The minimum Gasteiger partial charge on any atom is -0.462 e. The Balaban J connectivity index is 2.09. The van der Waals surface area contributed by atoms with Crippen molar-refractivity contribution in [2.24, 2.45) is 0 Å². The predicted molar refractivity (Wildman–Crippen MR) is 107 cm³/mol. The number of hydrogen-bond donors (Lipinski definition) is 2. The summed E-state index contributed by atoms with van der Waals surface area (Å²) in [4.78, 5) is 26.9. The zero-order valence-corrected chi connectivity index (χ0v) is 18.0. The van der Waals surface area contributed by atoms with E-state index in [4.69, 9.17) is 4.74 Å². The van der Waals surface area contributed by atoms with Gasteiger partial charge in [-0.3, -0.25) is 4.79 Å². The highest BCUT2D eigenvalue weighted by Crippen LogP contribution is 2.45. The molecule has 0 aliphatic carbocycles. The number of fused-ring (bicyclic) bond motifs is 1. The lowest BCUT2D eigenvalue weighted by atomic mass is 9.81. The lowest BCUT2D eigenvalue weighted by Crippen LogP contribution is -2.55. The van der Waals surface area contributed by atoms with Gasteiger partial charge < -0.3 is 15.4 Å². The molecule has 1 amide bonds. The third kappa shape index (κ3) is 3.76.